The molecule has 0 spiro atoms. The summed E-state index contributed by atoms with van der Waals surface area (Å²) < 4.78 is 3.33. The molecule has 0 bridgehead atoms. The number of hydrogen-bond donors (Lipinski definition) is 2. The van der Waals surface area contributed by atoms with Gasteiger partial charge >= 0.3 is 5.97 Å². The zero-order valence-electron chi connectivity index (χ0n) is 15.8. The molecule has 1 saturated heterocycles. The van der Waals surface area contributed by atoms with E-state index in [0.29, 0.717) is 19.4 Å². The van der Waals surface area contributed by atoms with Crippen molar-refractivity contribution in [3.63, 3.8) is 0 Å². The van der Waals surface area contributed by atoms with Gasteiger partial charge in [-0.1, -0.05) is 47.6 Å². The molecule has 0 unspecified atom stereocenters. The largest absolute Gasteiger partial charge is 0.461 e. The van der Waals surface area contributed by atoms with Gasteiger partial charge in [0.05, 0.1) is 5.92 Å². The van der Waals surface area contributed by atoms with E-state index < -0.39 is 33.7 Å². The van der Waals surface area contributed by atoms with Gasteiger partial charge in [-0.15, -0.1) is 0 Å². The van der Waals surface area contributed by atoms with E-state index in [1.54, 1.807) is 6.92 Å². The minimum absolute atomic E-state index is 0.0469. The first-order valence-corrected chi connectivity index (χ1v) is 10.7. The van der Waals surface area contributed by atoms with Gasteiger partial charge in [0.2, 0.25) is 15.6 Å². The topological polar surface area (TPSA) is 95.9 Å². The standard InChI is InChI=1S/C18H27Cl3N2O5/c1-11(22-15(25)14(24)12-5-2-3-6-12)16(26)23-8-4-7-13(9-23)17(27)28-10-18(19,20)21/h11-14,24H,2-10H2,1H3,(H,22,25)/t11-,13+,14-/m0/s1. The van der Waals surface area contributed by atoms with Crippen LogP contribution in [0, 0.1) is 11.8 Å². The van der Waals surface area contributed by atoms with E-state index in [1.807, 2.05) is 0 Å². The molecular formula is C18H27Cl3N2O5. The molecule has 0 radical (unpaired) electrons. The summed E-state index contributed by atoms with van der Waals surface area (Å²) in [5, 5.41) is 12.8. The van der Waals surface area contributed by atoms with Gasteiger partial charge in [0.15, 0.2) is 0 Å². The number of carbonyl (C=O) groups excluding carboxylic acids is 3. The van der Waals surface area contributed by atoms with E-state index in [-0.39, 0.29) is 25.0 Å². The maximum absolute atomic E-state index is 12.7. The Kier molecular flexibility index (Phi) is 8.67. The lowest BCUT2D eigenvalue weighted by molar-refractivity contribution is -0.152. The van der Waals surface area contributed by atoms with Crippen LogP contribution < -0.4 is 5.32 Å². The third-order valence-electron chi connectivity index (χ3n) is 5.29. The Morgan fingerprint density at radius 3 is 2.43 bits per heavy atom. The summed E-state index contributed by atoms with van der Waals surface area (Å²) in [6, 6.07) is -0.792. The number of nitrogens with zero attached hydrogens (tertiary/aromatic N) is 1. The van der Waals surface area contributed by atoms with Gasteiger partial charge < -0.3 is 20.1 Å². The van der Waals surface area contributed by atoms with Crippen molar-refractivity contribution in [1.82, 2.24) is 10.2 Å². The second kappa shape index (κ2) is 10.3. The number of amides is 2. The molecule has 2 rings (SSSR count). The highest BCUT2D eigenvalue weighted by Gasteiger charge is 2.35. The second-order valence-electron chi connectivity index (χ2n) is 7.57. The number of halogens is 3. The molecule has 3 atom stereocenters. The van der Waals surface area contributed by atoms with Crippen LogP contribution in [0.3, 0.4) is 0 Å². The van der Waals surface area contributed by atoms with Crippen LogP contribution in [-0.2, 0) is 19.1 Å². The lowest BCUT2D eigenvalue weighted by atomic mass is 9.97. The van der Waals surface area contributed by atoms with Crippen molar-refractivity contribution in [2.45, 2.75) is 61.4 Å². The molecule has 2 aliphatic rings. The summed E-state index contributed by atoms with van der Waals surface area (Å²) in [5.41, 5.74) is 0. The van der Waals surface area contributed by atoms with E-state index in [9.17, 15) is 19.5 Å². The van der Waals surface area contributed by atoms with Crippen LogP contribution in [0.25, 0.3) is 0 Å². The average Bonchev–Trinajstić information content (AvgIpc) is 3.18. The van der Waals surface area contributed by atoms with Crippen LogP contribution in [0.2, 0.25) is 0 Å². The van der Waals surface area contributed by atoms with E-state index >= 15 is 0 Å². The first kappa shape index (κ1) is 23.5. The predicted octanol–water partition coefficient (Wildman–Crippen LogP) is 2.19. The fourth-order valence-electron chi connectivity index (χ4n) is 3.76. The first-order chi connectivity index (χ1) is 13.1. The Labute approximate surface area is 180 Å². The number of likely N-dealkylation sites (tertiary alicyclic amines) is 1. The van der Waals surface area contributed by atoms with Crippen LogP contribution >= 0.6 is 34.8 Å². The van der Waals surface area contributed by atoms with Gasteiger partial charge in [-0.3, -0.25) is 14.4 Å². The Balaban J connectivity index is 1.84. The van der Waals surface area contributed by atoms with Crippen molar-refractivity contribution in [3.05, 3.63) is 0 Å². The minimum atomic E-state index is -1.68. The summed E-state index contributed by atoms with van der Waals surface area (Å²) in [6.07, 6.45) is 3.76. The summed E-state index contributed by atoms with van der Waals surface area (Å²) in [5.74, 6) is -1.89. The molecule has 0 aromatic heterocycles. The van der Waals surface area contributed by atoms with Crippen LogP contribution in [0.1, 0.15) is 45.4 Å². The molecule has 160 valence electrons. The molecule has 1 aliphatic carbocycles. The molecule has 10 heteroatoms. The lowest BCUT2D eigenvalue weighted by Crippen LogP contribution is -2.53. The third-order valence-corrected chi connectivity index (χ3v) is 5.62. The Bertz CT molecular complexity index is 578. The molecule has 7 nitrogen and oxygen atoms in total. The summed E-state index contributed by atoms with van der Waals surface area (Å²) >= 11 is 16.8. The Morgan fingerprint density at radius 1 is 1.18 bits per heavy atom. The van der Waals surface area contributed by atoms with Gasteiger partial charge in [0, 0.05) is 13.1 Å². The number of hydrogen-bond acceptors (Lipinski definition) is 5. The monoisotopic (exact) mass is 456 g/mol. The van der Waals surface area contributed by atoms with E-state index in [0.717, 1.165) is 25.7 Å². The third kappa shape index (κ3) is 6.94. The number of nitrogens with one attached hydrogen (secondary N) is 1. The lowest BCUT2D eigenvalue weighted by Gasteiger charge is -2.33. The number of carbonyl (C=O) groups is 3. The molecule has 1 saturated carbocycles. The molecule has 2 fully saturated rings. The first-order valence-electron chi connectivity index (χ1n) is 9.59. The number of alkyl halides is 3. The zero-order chi connectivity index (χ0) is 20.9. The van der Waals surface area contributed by atoms with Crippen molar-refractivity contribution in [3.8, 4) is 0 Å². The highest BCUT2D eigenvalue weighted by atomic mass is 35.6. The SMILES string of the molecule is C[C@H](NC(=O)[C@@H](O)C1CCCC1)C(=O)N1CCC[C@@H](C(=O)OCC(Cl)(Cl)Cl)C1. The number of aliphatic hydroxyl groups is 1. The summed E-state index contributed by atoms with van der Waals surface area (Å²) in [6.45, 7) is 1.89. The van der Waals surface area contributed by atoms with Crippen molar-refractivity contribution in [1.29, 1.82) is 0 Å². The average molecular weight is 458 g/mol. The van der Waals surface area contributed by atoms with Crippen molar-refractivity contribution in [2.24, 2.45) is 11.8 Å². The van der Waals surface area contributed by atoms with E-state index in [2.05, 4.69) is 5.32 Å². The number of esters is 1. The Hall–Kier alpha value is -0.760. The quantitative estimate of drug-likeness (QED) is 0.471. The fraction of sp³-hybridized carbons (Fsp3) is 0.833. The van der Waals surface area contributed by atoms with Crippen molar-refractivity contribution < 1.29 is 24.2 Å². The molecule has 1 heterocycles. The summed E-state index contributed by atoms with van der Waals surface area (Å²) in [7, 11) is 0. The van der Waals surface area contributed by atoms with E-state index in [4.69, 9.17) is 39.5 Å². The predicted molar refractivity (Wildman–Crippen MR) is 106 cm³/mol. The molecule has 28 heavy (non-hydrogen) atoms. The number of piperidine rings is 1. The molecule has 2 amide bonds. The molecule has 2 N–H and O–H groups in total. The van der Waals surface area contributed by atoms with Crippen LogP contribution in [0.4, 0.5) is 0 Å². The normalized spacial score (nSPS) is 23.2. The fourth-order valence-corrected chi connectivity index (χ4v) is 3.93. The van der Waals surface area contributed by atoms with Crippen LogP contribution in [0.5, 0.6) is 0 Å². The van der Waals surface area contributed by atoms with Crippen LogP contribution in [-0.4, -0.2) is 63.4 Å². The van der Waals surface area contributed by atoms with Crippen molar-refractivity contribution >= 4 is 52.6 Å². The van der Waals surface area contributed by atoms with Gasteiger partial charge in [-0.05, 0) is 38.5 Å². The van der Waals surface area contributed by atoms with E-state index in [1.165, 1.54) is 4.90 Å². The highest BCUT2D eigenvalue weighted by Crippen LogP contribution is 2.28. The maximum atomic E-state index is 12.7. The van der Waals surface area contributed by atoms with Gasteiger partial charge in [0.25, 0.3) is 0 Å². The van der Waals surface area contributed by atoms with Gasteiger partial charge in [-0.2, -0.15) is 0 Å². The van der Waals surface area contributed by atoms with Gasteiger partial charge in [0.1, 0.15) is 18.8 Å². The number of aliphatic hydroxyl groups excluding tert-OH is 1. The molecule has 1 aliphatic heterocycles. The molecule has 0 aromatic carbocycles. The highest BCUT2D eigenvalue weighted by molar-refractivity contribution is 6.67. The number of rotatable bonds is 6. The van der Waals surface area contributed by atoms with Crippen LogP contribution in [0.15, 0.2) is 0 Å². The minimum Gasteiger partial charge on any atom is -0.461 e. The van der Waals surface area contributed by atoms with Gasteiger partial charge in [-0.25, -0.2) is 0 Å². The molecular weight excluding hydrogens is 431 g/mol. The Morgan fingerprint density at radius 2 is 1.82 bits per heavy atom. The zero-order valence-corrected chi connectivity index (χ0v) is 18.1. The molecule has 0 aromatic rings. The summed E-state index contributed by atoms with van der Waals surface area (Å²) in [4.78, 5) is 38.6. The van der Waals surface area contributed by atoms with Crippen molar-refractivity contribution in [2.75, 3.05) is 19.7 Å². The number of ether oxygens (including phenoxy) is 1. The maximum Gasteiger partial charge on any atom is 0.310 e. The second-order valence-corrected chi connectivity index (χ2v) is 10.1. The smallest absolute Gasteiger partial charge is 0.310 e.